The van der Waals surface area contributed by atoms with Gasteiger partial charge in [0.2, 0.25) is 15.8 Å². The molecule has 0 aromatic heterocycles. The minimum Gasteiger partial charge on any atom is -0.497 e. The Balaban J connectivity index is 1.57. The van der Waals surface area contributed by atoms with Crippen LogP contribution >= 0.6 is 0 Å². The molecule has 0 amide bonds. The molecular formula is C23H25NO8S. The quantitative estimate of drug-likeness (QED) is 0.308. The molecule has 0 saturated carbocycles. The van der Waals surface area contributed by atoms with Crippen molar-refractivity contribution in [1.29, 1.82) is 0 Å². The molecule has 9 nitrogen and oxygen atoms in total. The van der Waals surface area contributed by atoms with Gasteiger partial charge in [0.1, 0.15) is 11.5 Å². The second-order valence-corrected chi connectivity index (χ2v) is 8.95. The van der Waals surface area contributed by atoms with Crippen LogP contribution in [-0.4, -0.2) is 71.6 Å². The maximum atomic E-state index is 12.6. The van der Waals surface area contributed by atoms with Crippen molar-refractivity contribution in [3.05, 3.63) is 59.7 Å². The van der Waals surface area contributed by atoms with Crippen LogP contribution in [0.25, 0.3) is 6.08 Å². The third-order valence-corrected chi connectivity index (χ3v) is 6.87. The summed E-state index contributed by atoms with van der Waals surface area (Å²) >= 11 is 0. The number of benzene rings is 2. The van der Waals surface area contributed by atoms with Crippen LogP contribution in [0.5, 0.6) is 11.5 Å². The first-order valence-corrected chi connectivity index (χ1v) is 11.6. The summed E-state index contributed by atoms with van der Waals surface area (Å²) in [7, 11) is -0.654. The molecule has 10 heteroatoms. The van der Waals surface area contributed by atoms with Crippen LogP contribution in [0.15, 0.2) is 53.4 Å². The summed E-state index contributed by atoms with van der Waals surface area (Å²) in [6.45, 7) is 0.919. The first-order valence-electron chi connectivity index (χ1n) is 10.1. The maximum Gasteiger partial charge on any atom is 0.331 e. The van der Waals surface area contributed by atoms with Gasteiger partial charge in [-0.3, -0.25) is 4.79 Å². The molecule has 33 heavy (non-hydrogen) atoms. The number of carbonyl (C=O) groups excluding carboxylic acids is 2. The van der Waals surface area contributed by atoms with E-state index in [2.05, 4.69) is 0 Å². The molecule has 1 saturated heterocycles. The molecule has 1 heterocycles. The van der Waals surface area contributed by atoms with Crippen LogP contribution in [0.3, 0.4) is 0 Å². The van der Waals surface area contributed by atoms with Gasteiger partial charge in [-0.1, -0.05) is 12.1 Å². The number of nitrogens with zero attached hydrogens (tertiary/aromatic N) is 1. The Morgan fingerprint density at radius 1 is 1.03 bits per heavy atom. The van der Waals surface area contributed by atoms with Crippen molar-refractivity contribution in [2.75, 3.05) is 47.1 Å². The Kier molecular flexibility index (Phi) is 8.21. The minimum atomic E-state index is -3.58. The Morgan fingerprint density at radius 2 is 1.73 bits per heavy atom. The average Bonchev–Trinajstić information content (AvgIpc) is 2.86. The Morgan fingerprint density at radius 3 is 2.36 bits per heavy atom. The molecule has 2 aromatic carbocycles. The Hall–Kier alpha value is -3.21. The van der Waals surface area contributed by atoms with Gasteiger partial charge < -0.3 is 18.9 Å². The molecule has 0 aliphatic carbocycles. The van der Waals surface area contributed by atoms with E-state index < -0.39 is 28.4 Å². The first kappa shape index (κ1) is 24.4. The molecule has 0 N–H and O–H groups in total. The topological polar surface area (TPSA) is 108 Å². The van der Waals surface area contributed by atoms with Crippen LogP contribution in [0, 0.1) is 0 Å². The highest BCUT2D eigenvalue weighted by Crippen LogP contribution is 2.25. The number of sulfonamides is 1. The second kappa shape index (κ2) is 11.1. The minimum absolute atomic E-state index is 0.170. The number of hydrogen-bond donors (Lipinski definition) is 0. The zero-order valence-electron chi connectivity index (χ0n) is 18.4. The van der Waals surface area contributed by atoms with Crippen LogP contribution in [0.1, 0.15) is 15.9 Å². The van der Waals surface area contributed by atoms with Crippen molar-refractivity contribution >= 4 is 27.9 Å². The fourth-order valence-electron chi connectivity index (χ4n) is 3.14. The van der Waals surface area contributed by atoms with E-state index in [4.69, 9.17) is 18.9 Å². The average molecular weight is 476 g/mol. The van der Waals surface area contributed by atoms with Gasteiger partial charge in [-0.25, -0.2) is 13.2 Å². The van der Waals surface area contributed by atoms with Crippen molar-refractivity contribution < 1.29 is 37.0 Å². The van der Waals surface area contributed by atoms with Crippen molar-refractivity contribution in [3.8, 4) is 11.5 Å². The smallest absolute Gasteiger partial charge is 0.331 e. The lowest BCUT2D eigenvalue weighted by atomic mass is 10.1. The second-order valence-electron chi connectivity index (χ2n) is 7.02. The number of ether oxygens (including phenoxy) is 4. The molecular weight excluding hydrogens is 450 g/mol. The summed E-state index contributed by atoms with van der Waals surface area (Å²) in [5.74, 6) is -0.278. The van der Waals surface area contributed by atoms with E-state index in [-0.39, 0.29) is 10.5 Å². The van der Waals surface area contributed by atoms with Gasteiger partial charge in [-0.05, 0) is 35.9 Å². The van der Waals surface area contributed by atoms with E-state index in [0.717, 1.165) is 0 Å². The zero-order valence-corrected chi connectivity index (χ0v) is 19.2. The Labute approximate surface area is 192 Å². The fraction of sp³-hybridized carbons (Fsp3) is 0.304. The van der Waals surface area contributed by atoms with E-state index in [1.807, 2.05) is 0 Å². The third-order valence-electron chi connectivity index (χ3n) is 4.95. The molecule has 1 fully saturated rings. The highest BCUT2D eigenvalue weighted by Gasteiger charge is 2.26. The number of morpholine rings is 1. The predicted molar refractivity (Wildman–Crippen MR) is 120 cm³/mol. The lowest BCUT2D eigenvalue weighted by Gasteiger charge is -2.26. The number of esters is 1. The van der Waals surface area contributed by atoms with Gasteiger partial charge in [0.15, 0.2) is 6.61 Å². The largest absolute Gasteiger partial charge is 0.497 e. The standard InChI is InChI=1S/C23H25NO8S/c1-29-18-6-9-20(22(15-18)30-2)21(25)16-32-23(26)10-5-17-3-7-19(8-4-17)33(27,28)24-11-13-31-14-12-24/h3-10,15H,11-14,16H2,1-2H3/b10-5+. The zero-order chi connectivity index (χ0) is 23.8. The van der Waals surface area contributed by atoms with Crippen LogP contribution in [0.4, 0.5) is 0 Å². The molecule has 176 valence electrons. The first-order chi connectivity index (χ1) is 15.8. The number of carbonyl (C=O) groups is 2. The van der Waals surface area contributed by atoms with Crippen molar-refractivity contribution in [2.24, 2.45) is 0 Å². The summed E-state index contributed by atoms with van der Waals surface area (Å²) in [6.07, 6.45) is 2.65. The summed E-state index contributed by atoms with van der Waals surface area (Å²) in [5, 5.41) is 0. The highest BCUT2D eigenvalue weighted by molar-refractivity contribution is 7.89. The van der Waals surface area contributed by atoms with E-state index in [1.165, 1.54) is 48.9 Å². The molecule has 2 aromatic rings. The van der Waals surface area contributed by atoms with E-state index in [9.17, 15) is 18.0 Å². The van der Waals surface area contributed by atoms with Gasteiger partial charge in [0, 0.05) is 25.2 Å². The molecule has 0 bridgehead atoms. The van der Waals surface area contributed by atoms with Gasteiger partial charge in [0.05, 0.1) is 37.9 Å². The van der Waals surface area contributed by atoms with E-state index >= 15 is 0 Å². The number of rotatable bonds is 9. The molecule has 1 aliphatic rings. The predicted octanol–water partition coefficient (Wildman–Crippen LogP) is 2.16. The molecule has 0 radical (unpaired) electrons. The normalized spacial score (nSPS) is 14.7. The number of hydrogen-bond acceptors (Lipinski definition) is 8. The SMILES string of the molecule is COc1ccc(C(=O)COC(=O)/C=C/c2ccc(S(=O)(=O)N3CCOCC3)cc2)c(OC)c1. The van der Waals surface area contributed by atoms with E-state index in [0.29, 0.717) is 43.4 Å². The lowest BCUT2D eigenvalue weighted by molar-refractivity contribution is -0.136. The van der Waals surface area contributed by atoms with Crippen molar-refractivity contribution in [3.63, 3.8) is 0 Å². The summed E-state index contributed by atoms with van der Waals surface area (Å²) in [4.78, 5) is 24.6. The molecule has 0 unspecified atom stereocenters. The monoisotopic (exact) mass is 475 g/mol. The molecule has 3 rings (SSSR count). The van der Waals surface area contributed by atoms with Gasteiger partial charge >= 0.3 is 5.97 Å². The van der Waals surface area contributed by atoms with Gasteiger partial charge in [-0.2, -0.15) is 4.31 Å². The summed E-state index contributed by atoms with van der Waals surface area (Å²) in [5.41, 5.74) is 0.878. The van der Waals surface area contributed by atoms with Gasteiger partial charge in [-0.15, -0.1) is 0 Å². The van der Waals surface area contributed by atoms with Crippen LogP contribution < -0.4 is 9.47 Å². The number of ketones is 1. The Bertz CT molecular complexity index is 1120. The summed E-state index contributed by atoms with van der Waals surface area (Å²) < 4.78 is 47.2. The fourth-order valence-corrected chi connectivity index (χ4v) is 4.55. The lowest BCUT2D eigenvalue weighted by Crippen LogP contribution is -2.40. The van der Waals surface area contributed by atoms with Crippen molar-refractivity contribution in [2.45, 2.75) is 4.90 Å². The van der Waals surface area contributed by atoms with Crippen LogP contribution in [-0.2, 0) is 24.3 Å². The molecule has 0 spiro atoms. The number of methoxy groups -OCH3 is 2. The molecule has 1 aliphatic heterocycles. The van der Waals surface area contributed by atoms with Crippen molar-refractivity contribution in [1.82, 2.24) is 4.31 Å². The maximum absolute atomic E-state index is 12.6. The summed E-state index contributed by atoms with van der Waals surface area (Å²) in [6, 6.07) is 10.9. The third kappa shape index (κ3) is 6.19. The molecule has 0 atom stereocenters. The number of Topliss-reactive ketones (excluding diaryl/α,β-unsaturated/α-hetero) is 1. The van der Waals surface area contributed by atoms with Crippen LogP contribution in [0.2, 0.25) is 0 Å². The highest BCUT2D eigenvalue weighted by atomic mass is 32.2. The van der Waals surface area contributed by atoms with E-state index in [1.54, 1.807) is 24.3 Å². The van der Waals surface area contributed by atoms with Gasteiger partial charge in [0.25, 0.3) is 0 Å².